The molecule has 0 saturated heterocycles. The maximum atomic E-state index is 11.6. The van der Waals surface area contributed by atoms with Crippen LogP contribution in [0.1, 0.15) is 25.5 Å². The van der Waals surface area contributed by atoms with Crippen molar-refractivity contribution >= 4 is 17.6 Å². The molecular formula is C14H20ClNO3. The lowest BCUT2D eigenvalue weighted by atomic mass is 10.0. The first kappa shape index (κ1) is 16.0. The largest absolute Gasteiger partial charge is 0.468 e. The van der Waals surface area contributed by atoms with Crippen LogP contribution in [0.4, 0.5) is 0 Å². The third-order valence-corrected chi connectivity index (χ3v) is 3.26. The number of ether oxygens (including phenoxy) is 1. The number of aliphatic hydroxyl groups excluding tert-OH is 1. The van der Waals surface area contributed by atoms with Gasteiger partial charge in [-0.2, -0.15) is 0 Å². The van der Waals surface area contributed by atoms with E-state index in [1.807, 2.05) is 19.9 Å². The zero-order valence-electron chi connectivity index (χ0n) is 11.4. The molecule has 0 radical (unpaired) electrons. The normalized spacial score (nSPS) is 14.2. The van der Waals surface area contributed by atoms with E-state index in [9.17, 15) is 9.90 Å². The Labute approximate surface area is 118 Å². The molecule has 0 heterocycles. The van der Waals surface area contributed by atoms with Gasteiger partial charge in [0.1, 0.15) is 6.04 Å². The lowest BCUT2D eigenvalue weighted by Gasteiger charge is -2.22. The fourth-order valence-corrected chi connectivity index (χ4v) is 2.07. The van der Waals surface area contributed by atoms with Crippen molar-refractivity contribution in [2.45, 2.75) is 26.0 Å². The van der Waals surface area contributed by atoms with Gasteiger partial charge in [-0.1, -0.05) is 43.6 Å². The Morgan fingerprint density at radius 3 is 2.58 bits per heavy atom. The number of halogens is 1. The van der Waals surface area contributed by atoms with E-state index in [2.05, 4.69) is 5.32 Å². The average molecular weight is 286 g/mol. The summed E-state index contributed by atoms with van der Waals surface area (Å²) in [6, 6.07) is 6.65. The Kier molecular flexibility index (Phi) is 6.28. The van der Waals surface area contributed by atoms with Crippen LogP contribution in [0.2, 0.25) is 5.02 Å². The molecule has 0 fully saturated rings. The van der Waals surface area contributed by atoms with Crippen LogP contribution in [-0.4, -0.2) is 30.8 Å². The average Bonchev–Trinajstić information content (AvgIpc) is 2.38. The summed E-state index contributed by atoms with van der Waals surface area (Å²) in [4.78, 5) is 11.6. The summed E-state index contributed by atoms with van der Waals surface area (Å²) in [5.41, 5.74) is 0.643. The minimum Gasteiger partial charge on any atom is -0.468 e. The molecule has 0 aliphatic carbocycles. The summed E-state index contributed by atoms with van der Waals surface area (Å²) < 4.78 is 4.73. The quantitative estimate of drug-likeness (QED) is 0.787. The molecule has 19 heavy (non-hydrogen) atoms. The molecule has 0 aromatic heterocycles. The Morgan fingerprint density at radius 1 is 1.42 bits per heavy atom. The van der Waals surface area contributed by atoms with E-state index in [0.717, 1.165) is 0 Å². The van der Waals surface area contributed by atoms with E-state index in [-0.39, 0.29) is 18.4 Å². The van der Waals surface area contributed by atoms with Crippen molar-refractivity contribution in [2.24, 2.45) is 5.92 Å². The number of aliphatic hydroxyl groups is 1. The van der Waals surface area contributed by atoms with Crippen LogP contribution in [0.5, 0.6) is 0 Å². The van der Waals surface area contributed by atoms with Crippen LogP contribution in [0.15, 0.2) is 24.3 Å². The Bertz CT molecular complexity index is 423. The van der Waals surface area contributed by atoms with Gasteiger partial charge in [-0.25, -0.2) is 0 Å². The van der Waals surface area contributed by atoms with Crippen LogP contribution < -0.4 is 5.32 Å². The van der Waals surface area contributed by atoms with E-state index in [4.69, 9.17) is 16.3 Å². The van der Waals surface area contributed by atoms with E-state index in [0.29, 0.717) is 10.6 Å². The molecule has 2 atom stereocenters. The highest BCUT2D eigenvalue weighted by atomic mass is 35.5. The highest BCUT2D eigenvalue weighted by Crippen LogP contribution is 2.22. The maximum absolute atomic E-state index is 11.6. The number of hydrogen-bond donors (Lipinski definition) is 2. The molecule has 0 aliphatic rings. The second-order valence-electron chi connectivity index (χ2n) is 4.69. The van der Waals surface area contributed by atoms with Crippen LogP contribution in [0.25, 0.3) is 0 Å². The van der Waals surface area contributed by atoms with E-state index < -0.39 is 12.1 Å². The number of esters is 1. The van der Waals surface area contributed by atoms with Gasteiger partial charge in [-0.05, 0) is 12.0 Å². The summed E-state index contributed by atoms with van der Waals surface area (Å²) in [7, 11) is 1.35. The first-order chi connectivity index (χ1) is 8.97. The Morgan fingerprint density at radius 2 is 2.05 bits per heavy atom. The smallest absolute Gasteiger partial charge is 0.323 e. The number of hydrogen-bond acceptors (Lipinski definition) is 4. The number of benzene rings is 1. The predicted molar refractivity (Wildman–Crippen MR) is 75.1 cm³/mol. The molecule has 5 heteroatoms. The van der Waals surface area contributed by atoms with Gasteiger partial charge in [0, 0.05) is 17.1 Å². The molecule has 0 amide bonds. The first-order valence-electron chi connectivity index (χ1n) is 6.21. The minimum absolute atomic E-state index is 0.0749. The molecule has 0 aliphatic heterocycles. The lowest BCUT2D eigenvalue weighted by molar-refractivity contribution is -0.144. The van der Waals surface area contributed by atoms with Crippen molar-refractivity contribution in [1.29, 1.82) is 0 Å². The van der Waals surface area contributed by atoms with Gasteiger partial charge in [-0.15, -0.1) is 0 Å². The zero-order valence-corrected chi connectivity index (χ0v) is 12.1. The van der Waals surface area contributed by atoms with Gasteiger partial charge in [0.05, 0.1) is 13.2 Å². The fourth-order valence-electron chi connectivity index (χ4n) is 1.81. The van der Waals surface area contributed by atoms with Crippen molar-refractivity contribution in [3.8, 4) is 0 Å². The Balaban J connectivity index is 2.65. The van der Waals surface area contributed by atoms with Gasteiger partial charge in [0.15, 0.2) is 0 Å². The highest BCUT2D eigenvalue weighted by molar-refractivity contribution is 6.31. The summed E-state index contributed by atoms with van der Waals surface area (Å²) in [6.45, 7) is 4.06. The monoisotopic (exact) mass is 285 g/mol. The van der Waals surface area contributed by atoms with Gasteiger partial charge in [0.25, 0.3) is 0 Å². The van der Waals surface area contributed by atoms with E-state index in [1.54, 1.807) is 18.2 Å². The Hall–Kier alpha value is -1.10. The third kappa shape index (κ3) is 4.49. The maximum Gasteiger partial charge on any atom is 0.323 e. The molecule has 1 aromatic rings. The van der Waals surface area contributed by atoms with Gasteiger partial charge >= 0.3 is 5.97 Å². The number of methoxy groups -OCH3 is 1. The molecule has 1 rings (SSSR count). The van der Waals surface area contributed by atoms with Crippen molar-refractivity contribution in [2.75, 3.05) is 13.7 Å². The van der Waals surface area contributed by atoms with E-state index in [1.165, 1.54) is 7.11 Å². The zero-order chi connectivity index (χ0) is 14.4. The number of carbonyl (C=O) groups excluding carboxylic acids is 1. The standard InChI is InChI=1S/C14H20ClNO3/c1-9(2)13(14(18)19-3)16-8-12(17)10-6-4-5-7-11(10)15/h4-7,9,12-13,16-17H,8H2,1-3H3. The minimum atomic E-state index is -0.764. The second kappa shape index (κ2) is 7.48. The highest BCUT2D eigenvalue weighted by Gasteiger charge is 2.23. The van der Waals surface area contributed by atoms with E-state index >= 15 is 0 Å². The second-order valence-corrected chi connectivity index (χ2v) is 5.10. The molecule has 0 saturated carbocycles. The van der Waals surface area contributed by atoms with Crippen LogP contribution in [-0.2, 0) is 9.53 Å². The molecule has 106 valence electrons. The molecule has 1 aromatic carbocycles. The van der Waals surface area contributed by atoms with Gasteiger partial charge < -0.3 is 15.2 Å². The predicted octanol–water partition coefficient (Wildman–Crippen LogP) is 2.16. The fraction of sp³-hybridized carbons (Fsp3) is 0.500. The topological polar surface area (TPSA) is 58.6 Å². The number of carbonyl (C=O) groups is 1. The van der Waals surface area contributed by atoms with Crippen molar-refractivity contribution < 1.29 is 14.6 Å². The molecular weight excluding hydrogens is 266 g/mol. The summed E-state index contributed by atoms with van der Waals surface area (Å²) >= 11 is 6.01. The van der Waals surface area contributed by atoms with Gasteiger partial charge in [0.2, 0.25) is 0 Å². The summed E-state index contributed by atoms with van der Waals surface area (Å²) in [5.74, 6) is -0.257. The van der Waals surface area contributed by atoms with Crippen LogP contribution in [0, 0.1) is 5.92 Å². The van der Waals surface area contributed by atoms with Crippen molar-refractivity contribution in [3.63, 3.8) is 0 Å². The lowest BCUT2D eigenvalue weighted by Crippen LogP contribution is -2.43. The third-order valence-electron chi connectivity index (χ3n) is 2.92. The molecule has 0 bridgehead atoms. The van der Waals surface area contributed by atoms with Crippen LogP contribution in [0.3, 0.4) is 0 Å². The van der Waals surface area contributed by atoms with Gasteiger partial charge in [-0.3, -0.25) is 4.79 Å². The molecule has 0 spiro atoms. The van der Waals surface area contributed by atoms with Crippen molar-refractivity contribution in [3.05, 3.63) is 34.9 Å². The number of nitrogens with one attached hydrogen (secondary N) is 1. The van der Waals surface area contributed by atoms with Crippen LogP contribution >= 0.6 is 11.6 Å². The first-order valence-corrected chi connectivity index (χ1v) is 6.58. The van der Waals surface area contributed by atoms with Crippen molar-refractivity contribution in [1.82, 2.24) is 5.32 Å². The summed E-state index contributed by atoms with van der Waals surface area (Å²) in [6.07, 6.45) is -0.764. The molecule has 4 nitrogen and oxygen atoms in total. The summed E-state index contributed by atoms with van der Waals surface area (Å²) in [5, 5.41) is 13.6. The number of rotatable bonds is 6. The molecule has 2 N–H and O–H groups in total. The molecule has 2 unspecified atom stereocenters. The SMILES string of the molecule is COC(=O)C(NCC(O)c1ccccc1Cl)C(C)C.